The Balaban J connectivity index is 3.32. The molecule has 0 aromatic carbocycles. The van der Waals surface area contributed by atoms with Gasteiger partial charge in [-0.05, 0) is 57.8 Å². The van der Waals surface area contributed by atoms with Gasteiger partial charge < -0.3 is 20.3 Å². The predicted molar refractivity (Wildman–Crippen MR) is 384 cm³/mol. The Morgan fingerprint density at radius 1 is 0.310 bits per heavy atom. The van der Waals surface area contributed by atoms with Crippen molar-refractivity contribution in [3.8, 4) is 0 Å². The van der Waals surface area contributed by atoms with Crippen molar-refractivity contribution >= 4 is 11.9 Å². The molecule has 2 atom stereocenters. The molecule has 0 aliphatic carbocycles. The summed E-state index contributed by atoms with van der Waals surface area (Å²) < 4.78 is 5.49. The highest BCUT2D eigenvalue weighted by Crippen LogP contribution is 2.20. The van der Waals surface area contributed by atoms with Gasteiger partial charge in [-0.1, -0.05) is 411 Å². The van der Waals surface area contributed by atoms with E-state index in [-0.39, 0.29) is 18.5 Å². The lowest BCUT2D eigenvalue weighted by atomic mass is 10.0. The average Bonchev–Trinajstić information content (AvgIpc) is 3.54. The number of unbranched alkanes of at least 4 members (excludes halogenated alkanes) is 63. The van der Waals surface area contributed by atoms with Crippen molar-refractivity contribution in [2.45, 2.75) is 469 Å². The summed E-state index contributed by atoms with van der Waals surface area (Å²) in [6.45, 7) is 4.94. The van der Waals surface area contributed by atoms with E-state index in [0.29, 0.717) is 19.4 Å². The summed E-state index contributed by atoms with van der Waals surface area (Å²) in [5, 5.41) is 23.3. The van der Waals surface area contributed by atoms with Crippen molar-refractivity contribution in [1.29, 1.82) is 0 Å². The fourth-order valence-corrected chi connectivity index (χ4v) is 12.9. The molecule has 0 fully saturated rings. The van der Waals surface area contributed by atoms with Crippen LogP contribution in [-0.4, -0.2) is 47.4 Å². The maximum atomic E-state index is 12.5. The molecule has 0 aromatic rings. The molecule has 0 rings (SSSR count). The third kappa shape index (κ3) is 73.3. The van der Waals surface area contributed by atoms with E-state index >= 15 is 0 Å². The molecular weight excluding hydrogens is 1070 g/mol. The molecule has 0 radical (unpaired) electrons. The van der Waals surface area contributed by atoms with Crippen LogP contribution in [0, 0.1) is 0 Å². The van der Waals surface area contributed by atoms with Crippen LogP contribution in [0.2, 0.25) is 0 Å². The smallest absolute Gasteiger partial charge is 0.305 e. The van der Waals surface area contributed by atoms with Gasteiger partial charge in [0, 0.05) is 12.8 Å². The van der Waals surface area contributed by atoms with Crippen LogP contribution in [0.1, 0.15) is 457 Å². The molecule has 516 valence electrons. The van der Waals surface area contributed by atoms with E-state index in [9.17, 15) is 19.8 Å². The second-order valence-electron chi connectivity index (χ2n) is 27.8. The van der Waals surface area contributed by atoms with Crippen LogP contribution in [0.5, 0.6) is 0 Å². The third-order valence-corrected chi connectivity index (χ3v) is 19.0. The molecule has 0 aromatic heterocycles. The minimum absolute atomic E-state index is 0.0147. The Hall–Kier alpha value is -1.66. The van der Waals surface area contributed by atoms with Gasteiger partial charge in [-0.25, -0.2) is 0 Å². The molecule has 6 heteroatoms. The van der Waals surface area contributed by atoms with Crippen LogP contribution < -0.4 is 5.32 Å². The Morgan fingerprint density at radius 3 is 0.828 bits per heavy atom. The Morgan fingerprint density at radius 2 is 0.540 bits per heavy atom. The van der Waals surface area contributed by atoms with Crippen LogP contribution in [0.4, 0.5) is 0 Å². The number of esters is 1. The maximum Gasteiger partial charge on any atom is 0.305 e. The van der Waals surface area contributed by atoms with E-state index in [1.807, 2.05) is 6.08 Å². The molecular formula is C81H157NO5. The summed E-state index contributed by atoms with van der Waals surface area (Å²) in [5.74, 6) is -0.0429. The lowest BCUT2D eigenvalue weighted by Crippen LogP contribution is -2.45. The van der Waals surface area contributed by atoms with E-state index < -0.39 is 12.1 Å². The van der Waals surface area contributed by atoms with Crippen LogP contribution >= 0.6 is 0 Å². The van der Waals surface area contributed by atoms with E-state index in [1.54, 1.807) is 6.08 Å². The van der Waals surface area contributed by atoms with Crippen molar-refractivity contribution in [1.82, 2.24) is 5.32 Å². The number of aliphatic hydroxyl groups excluding tert-OH is 2. The van der Waals surface area contributed by atoms with Crippen LogP contribution in [0.3, 0.4) is 0 Å². The number of carbonyl (C=O) groups excluding carboxylic acids is 2. The van der Waals surface area contributed by atoms with E-state index in [1.165, 1.54) is 385 Å². The predicted octanol–water partition coefficient (Wildman–Crippen LogP) is 26.4. The Kier molecular flexibility index (Phi) is 75.3. The first-order valence-corrected chi connectivity index (χ1v) is 40.1. The molecule has 0 heterocycles. The summed E-state index contributed by atoms with van der Waals surface area (Å²) >= 11 is 0. The van der Waals surface area contributed by atoms with Gasteiger partial charge in [0.2, 0.25) is 5.91 Å². The number of aliphatic hydroxyl groups is 2. The molecule has 0 aliphatic rings. The van der Waals surface area contributed by atoms with Gasteiger partial charge in [-0.15, -0.1) is 0 Å². The number of carbonyl (C=O) groups is 2. The summed E-state index contributed by atoms with van der Waals surface area (Å²) in [6, 6.07) is -0.624. The second kappa shape index (κ2) is 76.8. The average molecular weight is 1230 g/mol. The molecule has 1 amide bonds. The van der Waals surface area contributed by atoms with E-state index in [4.69, 9.17) is 4.74 Å². The molecule has 2 unspecified atom stereocenters. The highest BCUT2D eigenvalue weighted by atomic mass is 16.5. The van der Waals surface area contributed by atoms with E-state index in [0.717, 1.165) is 44.9 Å². The number of ether oxygens (including phenoxy) is 1. The molecule has 87 heavy (non-hydrogen) atoms. The van der Waals surface area contributed by atoms with Crippen molar-refractivity contribution in [3.63, 3.8) is 0 Å². The fraction of sp³-hybridized carbons (Fsp3) is 0.926. The van der Waals surface area contributed by atoms with Gasteiger partial charge in [0.05, 0.1) is 25.4 Å². The zero-order chi connectivity index (χ0) is 62.8. The summed E-state index contributed by atoms with van der Waals surface area (Å²) in [7, 11) is 0. The summed E-state index contributed by atoms with van der Waals surface area (Å²) in [4.78, 5) is 24.6. The third-order valence-electron chi connectivity index (χ3n) is 19.0. The molecule has 6 nitrogen and oxygen atoms in total. The highest BCUT2D eigenvalue weighted by Gasteiger charge is 2.18. The summed E-state index contributed by atoms with van der Waals surface area (Å²) in [5.41, 5.74) is 0. The van der Waals surface area contributed by atoms with Crippen molar-refractivity contribution in [2.75, 3.05) is 13.2 Å². The zero-order valence-corrected chi connectivity index (χ0v) is 59.3. The quantitative estimate of drug-likeness (QED) is 0.0320. The van der Waals surface area contributed by atoms with Crippen LogP contribution in [0.25, 0.3) is 0 Å². The minimum Gasteiger partial charge on any atom is -0.466 e. The Bertz CT molecular complexity index is 1360. The lowest BCUT2D eigenvalue weighted by Gasteiger charge is -2.20. The molecule has 0 saturated carbocycles. The van der Waals surface area contributed by atoms with Crippen LogP contribution in [0.15, 0.2) is 24.3 Å². The number of hydrogen-bond acceptors (Lipinski definition) is 5. The summed E-state index contributed by atoms with van der Waals surface area (Å²) in [6.07, 6.45) is 98.9. The highest BCUT2D eigenvalue weighted by molar-refractivity contribution is 5.76. The first-order chi connectivity index (χ1) is 43.0. The maximum absolute atomic E-state index is 12.5. The largest absolute Gasteiger partial charge is 0.466 e. The zero-order valence-electron chi connectivity index (χ0n) is 59.3. The normalized spacial score (nSPS) is 12.6. The van der Waals surface area contributed by atoms with Crippen molar-refractivity contribution in [3.05, 3.63) is 24.3 Å². The fourth-order valence-electron chi connectivity index (χ4n) is 12.9. The van der Waals surface area contributed by atoms with Gasteiger partial charge in [-0.3, -0.25) is 9.59 Å². The number of hydrogen-bond donors (Lipinski definition) is 3. The van der Waals surface area contributed by atoms with Crippen molar-refractivity contribution < 1.29 is 24.5 Å². The topological polar surface area (TPSA) is 95.9 Å². The number of nitrogens with one attached hydrogen (secondary N) is 1. The molecule has 0 spiro atoms. The van der Waals surface area contributed by atoms with Gasteiger partial charge in [-0.2, -0.15) is 0 Å². The molecule has 3 N–H and O–H groups in total. The number of rotatable bonds is 76. The van der Waals surface area contributed by atoms with Crippen LogP contribution in [-0.2, 0) is 14.3 Å². The first-order valence-electron chi connectivity index (χ1n) is 40.1. The van der Waals surface area contributed by atoms with Gasteiger partial charge in [0.15, 0.2) is 0 Å². The molecule has 0 bridgehead atoms. The lowest BCUT2D eigenvalue weighted by molar-refractivity contribution is -0.143. The van der Waals surface area contributed by atoms with Gasteiger partial charge in [0.1, 0.15) is 0 Å². The first kappa shape index (κ1) is 85.3. The van der Waals surface area contributed by atoms with Crippen molar-refractivity contribution in [2.24, 2.45) is 0 Å². The number of amides is 1. The molecule has 0 saturated heterocycles. The SMILES string of the molecule is CCCCCC/C=C\CCCCCCCC(=O)OCCCCCCCCCCCCCCCCCCCCCCCCCCCCCCCCCCCCCCCC(=O)NC(CO)C(O)/C=C/CCCCCCCCCCCCCCCCCCCC. The molecule has 0 aliphatic heterocycles. The number of allylic oxidation sites excluding steroid dienone is 3. The monoisotopic (exact) mass is 1220 g/mol. The standard InChI is InChI=1S/C81H157NO5/c1-3-5-7-9-11-13-15-17-18-19-20-40-43-46-50-53-57-61-65-69-73-79(84)78(77-83)82-80(85)74-70-66-62-58-54-51-47-44-41-38-36-34-32-30-28-26-24-22-21-23-25-27-29-31-33-35-37-39-42-45-48-52-56-60-64-68-72-76-87-81(86)75-71-67-63-59-55-49-16-14-12-10-8-6-4-2/h14,16,69,73,78-79,83-84H,3-13,15,17-68,70-72,74-77H2,1-2H3,(H,82,85)/b16-14-,73-69+. The van der Waals surface area contributed by atoms with Gasteiger partial charge >= 0.3 is 5.97 Å². The van der Waals surface area contributed by atoms with Gasteiger partial charge in [0.25, 0.3) is 0 Å². The van der Waals surface area contributed by atoms with E-state index in [2.05, 4.69) is 31.3 Å². The second-order valence-corrected chi connectivity index (χ2v) is 27.8. The Labute approximate surface area is 545 Å². The minimum atomic E-state index is -0.841.